The van der Waals surface area contributed by atoms with Crippen molar-refractivity contribution in [1.29, 1.82) is 0 Å². The molecular formula is C11H14F3N3O2. The highest BCUT2D eigenvalue weighted by atomic mass is 19.4. The summed E-state index contributed by atoms with van der Waals surface area (Å²) in [5, 5.41) is 1.99. The van der Waals surface area contributed by atoms with E-state index in [0.717, 1.165) is 5.56 Å². The second-order valence-corrected chi connectivity index (χ2v) is 3.70. The lowest BCUT2D eigenvalue weighted by Gasteiger charge is -2.19. The van der Waals surface area contributed by atoms with Gasteiger partial charge < -0.3 is 10.1 Å². The molecule has 5 nitrogen and oxygen atoms in total. The van der Waals surface area contributed by atoms with Crippen molar-refractivity contribution >= 4 is 6.09 Å². The Morgan fingerprint density at radius 2 is 1.95 bits per heavy atom. The van der Waals surface area contributed by atoms with E-state index in [2.05, 4.69) is 0 Å². The van der Waals surface area contributed by atoms with Crippen LogP contribution in [0.1, 0.15) is 5.56 Å². The maximum Gasteiger partial charge on any atom is 0.407 e. The number of hydrazine groups is 1. The van der Waals surface area contributed by atoms with Crippen molar-refractivity contribution < 1.29 is 22.7 Å². The van der Waals surface area contributed by atoms with Crippen molar-refractivity contribution in [3.05, 3.63) is 35.9 Å². The number of alkyl carbamates (subject to hydrolysis) is 1. The van der Waals surface area contributed by atoms with Crippen LogP contribution in [-0.4, -0.2) is 24.9 Å². The van der Waals surface area contributed by atoms with E-state index in [0.29, 0.717) is 0 Å². The number of carbonyl (C=O) groups is 1. The largest absolute Gasteiger partial charge is 0.445 e. The van der Waals surface area contributed by atoms with Crippen LogP contribution in [0.3, 0.4) is 0 Å². The topological polar surface area (TPSA) is 76.4 Å². The summed E-state index contributed by atoms with van der Waals surface area (Å²) in [6.07, 6.45) is -5.48. The molecule has 0 aliphatic carbocycles. The highest BCUT2D eigenvalue weighted by molar-refractivity contribution is 5.67. The number of carbonyl (C=O) groups excluding carboxylic acids is 1. The van der Waals surface area contributed by atoms with E-state index >= 15 is 0 Å². The Labute approximate surface area is 107 Å². The van der Waals surface area contributed by atoms with E-state index in [4.69, 9.17) is 10.6 Å². The summed E-state index contributed by atoms with van der Waals surface area (Å²) in [4.78, 5) is 11.2. The van der Waals surface area contributed by atoms with Gasteiger partial charge in [0, 0.05) is 6.54 Å². The molecule has 0 aromatic heterocycles. The van der Waals surface area contributed by atoms with Gasteiger partial charge in [-0.3, -0.25) is 5.84 Å². The molecule has 4 N–H and O–H groups in total. The Kier molecular flexibility index (Phi) is 5.58. The first-order valence-corrected chi connectivity index (χ1v) is 5.41. The Morgan fingerprint density at radius 3 is 2.47 bits per heavy atom. The molecule has 1 unspecified atom stereocenters. The third-order valence-corrected chi connectivity index (χ3v) is 2.26. The van der Waals surface area contributed by atoms with Gasteiger partial charge in [0.2, 0.25) is 0 Å². The van der Waals surface area contributed by atoms with Crippen molar-refractivity contribution in [1.82, 2.24) is 10.7 Å². The van der Waals surface area contributed by atoms with Gasteiger partial charge in [-0.05, 0) is 5.56 Å². The summed E-state index contributed by atoms with van der Waals surface area (Å²) in [6, 6.07) is 6.76. The second kappa shape index (κ2) is 6.95. The number of ether oxygens (including phenoxy) is 1. The SMILES string of the molecule is NNC(CNC(=O)OCc1ccccc1)C(F)(F)F. The highest BCUT2D eigenvalue weighted by Crippen LogP contribution is 2.18. The molecule has 0 fully saturated rings. The molecule has 0 saturated carbocycles. The zero-order chi connectivity index (χ0) is 14.3. The van der Waals surface area contributed by atoms with E-state index in [1.54, 1.807) is 35.8 Å². The summed E-state index contributed by atoms with van der Waals surface area (Å²) in [7, 11) is 0. The average Bonchev–Trinajstić information content (AvgIpc) is 2.36. The molecular weight excluding hydrogens is 263 g/mol. The Balaban J connectivity index is 2.32. The van der Waals surface area contributed by atoms with Gasteiger partial charge in [0.05, 0.1) is 0 Å². The fraction of sp³-hybridized carbons (Fsp3) is 0.364. The van der Waals surface area contributed by atoms with E-state index in [-0.39, 0.29) is 6.61 Å². The van der Waals surface area contributed by atoms with Crippen LogP contribution in [0.2, 0.25) is 0 Å². The molecule has 0 aliphatic heterocycles. The molecule has 1 atom stereocenters. The fourth-order valence-electron chi connectivity index (χ4n) is 1.23. The van der Waals surface area contributed by atoms with E-state index in [1.165, 1.54) is 0 Å². The molecule has 0 saturated heterocycles. The number of amides is 1. The van der Waals surface area contributed by atoms with Crippen LogP contribution in [0.5, 0.6) is 0 Å². The van der Waals surface area contributed by atoms with Crippen molar-refractivity contribution in [2.24, 2.45) is 5.84 Å². The molecule has 106 valence electrons. The molecule has 0 bridgehead atoms. The van der Waals surface area contributed by atoms with Crippen LogP contribution in [0.25, 0.3) is 0 Å². The number of halogens is 3. The number of nitrogens with one attached hydrogen (secondary N) is 2. The number of nitrogens with two attached hydrogens (primary N) is 1. The van der Waals surface area contributed by atoms with E-state index in [9.17, 15) is 18.0 Å². The molecule has 0 radical (unpaired) electrons. The number of alkyl halides is 3. The molecule has 1 aromatic rings. The Morgan fingerprint density at radius 1 is 1.32 bits per heavy atom. The van der Waals surface area contributed by atoms with Crippen molar-refractivity contribution in [3.8, 4) is 0 Å². The predicted molar refractivity (Wildman–Crippen MR) is 61.8 cm³/mol. The number of hydrogen-bond acceptors (Lipinski definition) is 4. The molecule has 19 heavy (non-hydrogen) atoms. The number of benzene rings is 1. The normalized spacial score (nSPS) is 12.8. The quantitative estimate of drug-likeness (QED) is 0.560. The summed E-state index contributed by atoms with van der Waals surface area (Å²) >= 11 is 0. The van der Waals surface area contributed by atoms with Gasteiger partial charge in [-0.15, -0.1) is 0 Å². The van der Waals surface area contributed by atoms with Gasteiger partial charge in [0.25, 0.3) is 0 Å². The highest BCUT2D eigenvalue weighted by Gasteiger charge is 2.39. The van der Waals surface area contributed by atoms with E-state index < -0.39 is 24.9 Å². The third-order valence-electron chi connectivity index (χ3n) is 2.26. The van der Waals surface area contributed by atoms with Crippen LogP contribution < -0.4 is 16.6 Å². The molecule has 0 spiro atoms. The van der Waals surface area contributed by atoms with Crippen LogP contribution in [0, 0.1) is 0 Å². The third kappa shape index (κ3) is 5.58. The van der Waals surface area contributed by atoms with Crippen LogP contribution in [0.15, 0.2) is 30.3 Å². The predicted octanol–water partition coefficient (Wildman–Crippen LogP) is 1.31. The van der Waals surface area contributed by atoms with Crippen molar-refractivity contribution in [2.45, 2.75) is 18.8 Å². The monoisotopic (exact) mass is 277 g/mol. The van der Waals surface area contributed by atoms with Crippen LogP contribution in [0.4, 0.5) is 18.0 Å². The fourth-order valence-corrected chi connectivity index (χ4v) is 1.23. The summed E-state index contributed by atoms with van der Waals surface area (Å²) in [6.45, 7) is -0.715. The van der Waals surface area contributed by atoms with Gasteiger partial charge in [-0.1, -0.05) is 30.3 Å². The molecule has 1 amide bonds. The smallest absolute Gasteiger partial charge is 0.407 e. The van der Waals surface area contributed by atoms with Gasteiger partial charge in [-0.25, -0.2) is 10.2 Å². The first kappa shape index (κ1) is 15.3. The molecule has 8 heteroatoms. The molecule has 0 heterocycles. The molecule has 1 aromatic carbocycles. The van der Waals surface area contributed by atoms with E-state index in [1.807, 2.05) is 5.32 Å². The minimum absolute atomic E-state index is 0.0145. The van der Waals surface area contributed by atoms with Gasteiger partial charge in [-0.2, -0.15) is 13.2 Å². The summed E-state index contributed by atoms with van der Waals surface area (Å²) < 4.78 is 41.6. The zero-order valence-corrected chi connectivity index (χ0v) is 9.91. The average molecular weight is 277 g/mol. The minimum Gasteiger partial charge on any atom is -0.445 e. The standard InChI is InChI=1S/C11H14F3N3O2/c12-11(13,14)9(17-15)6-16-10(18)19-7-8-4-2-1-3-5-8/h1-5,9,17H,6-7,15H2,(H,16,18). The summed E-state index contributed by atoms with van der Waals surface area (Å²) in [5.74, 6) is 4.75. The first-order chi connectivity index (χ1) is 8.93. The van der Waals surface area contributed by atoms with Crippen LogP contribution >= 0.6 is 0 Å². The lowest BCUT2D eigenvalue weighted by molar-refractivity contribution is -0.154. The molecule has 0 aliphatic rings. The van der Waals surface area contributed by atoms with Gasteiger partial charge >= 0.3 is 12.3 Å². The number of hydrogen-bond donors (Lipinski definition) is 3. The van der Waals surface area contributed by atoms with Crippen molar-refractivity contribution in [2.75, 3.05) is 6.54 Å². The Hall–Kier alpha value is -1.80. The maximum absolute atomic E-state index is 12.3. The Bertz CT molecular complexity index is 398. The molecule has 1 rings (SSSR count). The number of rotatable bonds is 5. The first-order valence-electron chi connectivity index (χ1n) is 5.41. The van der Waals surface area contributed by atoms with Crippen LogP contribution in [-0.2, 0) is 11.3 Å². The van der Waals surface area contributed by atoms with Crippen molar-refractivity contribution in [3.63, 3.8) is 0 Å². The van der Waals surface area contributed by atoms with Gasteiger partial charge in [0.1, 0.15) is 12.6 Å². The van der Waals surface area contributed by atoms with Gasteiger partial charge in [0.15, 0.2) is 0 Å². The lowest BCUT2D eigenvalue weighted by Crippen LogP contribution is -2.52. The minimum atomic E-state index is -4.54. The zero-order valence-electron chi connectivity index (χ0n) is 9.91. The second-order valence-electron chi connectivity index (χ2n) is 3.70. The summed E-state index contributed by atoms with van der Waals surface area (Å²) in [5.41, 5.74) is 2.31. The lowest BCUT2D eigenvalue weighted by atomic mass is 10.2. The maximum atomic E-state index is 12.3.